The lowest BCUT2D eigenvalue weighted by Gasteiger charge is -2.33. The highest BCUT2D eigenvalue weighted by Gasteiger charge is 2.31. The number of benzene rings is 2. The van der Waals surface area contributed by atoms with Crippen LogP contribution in [0.2, 0.25) is 0 Å². The minimum atomic E-state index is -0.210. The maximum Gasteiger partial charge on any atom is 0.252 e. The van der Waals surface area contributed by atoms with E-state index in [1.165, 1.54) is 16.7 Å². The molecule has 0 aliphatic rings. The van der Waals surface area contributed by atoms with E-state index in [1.54, 1.807) is 0 Å². The highest BCUT2D eigenvalue weighted by atomic mass is 16.1. The number of fused-ring (bicyclic) bond motifs is 1. The van der Waals surface area contributed by atoms with Crippen molar-refractivity contribution in [3.05, 3.63) is 87.0 Å². The van der Waals surface area contributed by atoms with E-state index in [2.05, 4.69) is 103 Å². The molecule has 0 radical (unpaired) electrons. The smallest absolute Gasteiger partial charge is 0.252 e. The van der Waals surface area contributed by atoms with E-state index >= 15 is 0 Å². The Labute approximate surface area is 213 Å². The van der Waals surface area contributed by atoms with E-state index in [-0.39, 0.29) is 17.1 Å². The minimum Gasteiger partial charge on any atom is -0.322 e. The molecular formula is C29H38N6O. The summed E-state index contributed by atoms with van der Waals surface area (Å²) in [5.74, 6) is 0.835. The first-order chi connectivity index (χ1) is 17.2. The fourth-order valence-corrected chi connectivity index (χ4v) is 4.65. The molecule has 0 saturated carbocycles. The van der Waals surface area contributed by atoms with E-state index in [9.17, 15) is 4.79 Å². The standard InChI is InChI=1S/C29H38N6O/c1-7-21-14-15-25-23(16-21)17-24(28(36)30-25)19-34(18-22-12-10-20(4)11-13-22)26(8-2)27-31-32-33-35(27)29(5,6)9-3/h10-17,26H,7-9,18-19H2,1-6H3,(H,30,36). The predicted molar refractivity (Wildman–Crippen MR) is 145 cm³/mol. The van der Waals surface area contributed by atoms with Gasteiger partial charge < -0.3 is 4.98 Å². The van der Waals surface area contributed by atoms with Gasteiger partial charge in [-0.3, -0.25) is 9.69 Å². The predicted octanol–water partition coefficient (Wildman–Crippen LogP) is 5.68. The molecule has 2 heterocycles. The van der Waals surface area contributed by atoms with Gasteiger partial charge in [0.15, 0.2) is 5.82 Å². The summed E-state index contributed by atoms with van der Waals surface area (Å²) in [6.07, 6.45) is 2.68. The fraction of sp³-hybridized carbons (Fsp3) is 0.448. The average Bonchev–Trinajstić information content (AvgIpc) is 3.36. The summed E-state index contributed by atoms with van der Waals surface area (Å²) in [5, 5.41) is 14.0. The third-order valence-electron chi connectivity index (χ3n) is 7.33. The van der Waals surface area contributed by atoms with Crippen molar-refractivity contribution in [1.82, 2.24) is 30.1 Å². The zero-order valence-corrected chi connectivity index (χ0v) is 22.4. The van der Waals surface area contributed by atoms with Crippen molar-refractivity contribution in [2.75, 3.05) is 0 Å². The summed E-state index contributed by atoms with van der Waals surface area (Å²) in [5.41, 5.74) is 5.02. The number of aromatic amines is 1. The van der Waals surface area contributed by atoms with Gasteiger partial charge in [0, 0.05) is 24.2 Å². The summed E-state index contributed by atoms with van der Waals surface area (Å²) >= 11 is 0. The molecule has 0 aliphatic heterocycles. The number of rotatable bonds is 10. The molecule has 0 saturated heterocycles. The van der Waals surface area contributed by atoms with Gasteiger partial charge in [-0.05, 0) is 85.2 Å². The highest BCUT2D eigenvalue weighted by molar-refractivity contribution is 5.79. The molecule has 0 spiro atoms. The minimum absolute atomic E-state index is 0.0517. The molecule has 4 rings (SSSR count). The van der Waals surface area contributed by atoms with Crippen LogP contribution in [0.5, 0.6) is 0 Å². The van der Waals surface area contributed by atoms with Crippen LogP contribution in [0.25, 0.3) is 10.9 Å². The van der Waals surface area contributed by atoms with Gasteiger partial charge in [0.25, 0.3) is 5.56 Å². The molecule has 2 aromatic carbocycles. The van der Waals surface area contributed by atoms with Gasteiger partial charge in [-0.2, -0.15) is 0 Å². The van der Waals surface area contributed by atoms with Gasteiger partial charge in [0.1, 0.15) is 0 Å². The summed E-state index contributed by atoms with van der Waals surface area (Å²) in [6.45, 7) is 14.0. The maximum absolute atomic E-state index is 13.2. The van der Waals surface area contributed by atoms with E-state index < -0.39 is 0 Å². The van der Waals surface area contributed by atoms with Crippen molar-refractivity contribution in [3.8, 4) is 0 Å². The molecule has 1 N–H and O–H groups in total. The molecule has 7 nitrogen and oxygen atoms in total. The van der Waals surface area contributed by atoms with Crippen molar-refractivity contribution in [2.45, 2.75) is 85.5 Å². The van der Waals surface area contributed by atoms with Crippen LogP contribution in [0.3, 0.4) is 0 Å². The van der Waals surface area contributed by atoms with Crippen LogP contribution in [0.1, 0.15) is 81.6 Å². The normalized spacial score (nSPS) is 13.0. The number of hydrogen-bond acceptors (Lipinski definition) is 5. The van der Waals surface area contributed by atoms with Gasteiger partial charge in [-0.25, -0.2) is 4.68 Å². The number of nitrogens with one attached hydrogen (secondary N) is 1. The topological polar surface area (TPSA) is 79.7 Å². The number of H-pyrrole nitrogens is 1. The third kappa shape index (κ3) is 5.41. The number of tetrazole rings is 1. The Morgan fingerprint density at radius 2 is 1.72 bits per heavy atom. The van der Waals surface area contributed by atoms with Gasteiger partial charge in [0.2, 0.25) is 0 Å². The molecule has 0 aliphatic carbocycles. The van der Waals surface area contributed by atoms with E-state index in [1.807, 2.05) is 16.8 Å². The largest absolute Gasteiger partial charge is 0.322 e. The quantitative estimate of drug-likeness (QED) is 0.312. The van der Waals surface area contributed by atoms with Crippen LogP contribution < -0.4 is 5.56 Å². The lowest BCUT2D eigenvalue weighted by atomic mass is 10.0. The monoisotopic (exact) mass is 486 g/mol. The Morgan fingerprint density at radius 1 is 1.00 bits per heavy atom. The second kappa shape index (κ2) is 10.7. The van der Waals surface area contributed by atoms with Crippen molar-refractivity contribution >= 4 is 10.9 Å². The van der Waals surface area contributed by atoms with Crippen LogP contribution in [0, 0.1) is 6.92 Å². The first-order valence-electron chi connectivity index (χ1n) is 13.0. The number of nitrogens with zero attached hydrogens (tertiary/aromatic N) is 5. The van der Waals surface area contributed by atoms with E-state index in [0.717, 1.165) is 41.6 Å². The molecule has 7 heteroatoms. The molecule has 0 fully saturated rings. The van der Waals surface area contributed by atoms with Crippen LogP contribution >= 0.6 is 0 Å². The molecule has 2 aromatic heterocycles. The summed E-state index contributed by atoms with van der Waals surface area (Å²) in [4.78, 5) is 18.6. The first kappa shape index (κ1) is 25.8. The van der Waals surface area contributed by atoms with Gasteiger partial charge in [0.05, 0.1) is 11.6 Å². The van der Waals surface area contributed by atoms with Gasteiger partial charge in [-0.15, -0.1) is 5.10 Å². The zero-order valence-electron chi connectivity index (χ0n) is 22.4. The molecule has 1 unspecified atom stereocenters. The van der Waals surface area contributed by atoms with Crippen LogP contribution in [0.4, 0.5) is 0 Å². The van der Waals surface area contributed by atoms with Crippen molar-refractivity contribution in [3.63, 3.8) is 0 Å². The Balaban J connectivity index is 1.77. The summed E-state index contributed by atoms with van der Waals surface area (Å²) in [7, 11) is 0. The first-order valence-corrected chi connectivity index (χ1v) is 13.0. The third-order valence-corrected chi connectivity index (χ3v) is 7.33. The molecule has 36 heavy (non-hydrogen) atoms. The van der Waals surface area contributed by atoms with Gasteiger partial charge in [-0.1, -0.05) is 56.7 Å². The number of aromatic nitrogens is 5. The van der Waals surface area contributed by atoms with Crippen molar-refractivity contribution < 1.29 is 0 Å². The summed E-state index contributed by atoms with van der Waals surface area (Å²) < 4.78 is 1.96. The Bertz CT molecular complexity index is 1370. The van der Waals surface area contributed by atoms with Crippen molar-refractivity contribution in [2.24, 2.45) is 0 Å². The van der Waals surface area contributed by atoms with Crippen molar-refractivity contribution in [1.29, 1.82) is 0 Å². The van der Waals surface area contributed by atoms with E-state index in [0.29, 0.717) is 13.1 Å². The molecule has 190 valence electrons. The molecule has 0 amide bonds. The Kier molecular flexibility index (Phi) is 7.69. The van der Waals surface area contributed by atoms with Crippen LogP contribution in [-0.2, 0) is 25.0 Å². The highest BCUT2D eigenvalue weighted by Crippen LogP contribution is 2.30. The van der Waals surface area contributed by atoms with Crippen LogP contribution in [0.15, 0.2) is 53.3 Å². The summed E-state index contributed by atoms with van der Waals surface area (Å²) in [6, 6.07) is 16.8. The number of pyridine rings is 1. The lowest BCUT2D eigenvalue weighted by Crippen LogP contribution is -2.36. The molecule has 1 atom stereocenters. The number of hydrogen-bond donors (Lipinski definition) is 1. The Morgan fingerprint density at radius 3 is 2.39 bits per heavy atom. The molecular weight excluding hydrogens is 448 g/mol. The van der Waals surface area contributed by atoms with E-state index in [4.69, 9.17) is 0 Å². The molecule has 4 aromatic rings. The maximum atomic E-state index is 13.2. The second-order valence-electron chi connectivity index (χ2n) is 10.3. The SMILES string of the molecule is CCc1ccc2[nH]c(=O)c(CN(Cc3ccc(C)cc3)C(CC)c3nnnn3C(C)(C)CC)cc2c1. The fourth-order valence-electron chi connectivity index (χ4n) is 4.65. The Hall–Kier alpha value is -3.32. The second-order valence-corrected chi connectivity index (χ2v) is 10.3. The van der Waals surface area contributed by atoms with Crippen LogP contribution in [-0.4, -0.2) is 30.1 Å². The van der Waals surface area contributed by atoms with Gasteiger partial charge >= 0.3 is 0 Å². The molecule has 0 bridgehead atoms. The zero-order chi connectivity index (χ0) is 25.9. The average molecular weight is 487 g/mol. The number of aryl methyl sites for hydroxylation is 2. The lowest BCUT2D eigenvalue weighted by molar-refractivity contribution is 0.150.